The molecule has 0 aromatic rings. The highest BCUT2D eigenvalue weighted by atomic mass is 14.6. The van der Waals surface area contributed by atoms with Gasteiger partial charge in [0.05, 0.1) is 0 Å². The molecule has 0 spiro atoms. The van der Waals surface area contributed by atoms with Crippen LogP contribution in [-0.2, 0) is 0 Å². The van der Waals surface area contributed by atoms with E-state index >= 15 is 0 Å². The molecule has 0 aliphatic heterocycles. The Morgan fingerprint density at radius 2 is 2.50 bits per heavy atom. The van der Waals surface area contributed by atoms with Crippen LogP contribution in [0.15, 0.2) is 11.6 Å². The molecule has 0 bridgehead atoms. The summed E-state index contributed by atoms with van der Waals surface area (Å²) in [6, 6.07) is 0.265. The molecule has 0 saturated heterocycles. The third kappa shape index (κ3) is 2.71. The van der Waals surface area contributed by atoms with Crippen molar-refractivity contribution in [3.05, 3.63) is 11.6 Å². The first-order valence-electron chi connectivity index (χ1n) is 4.61. The van der Waals surface area contributed by atoms with Crippen LogP contribution in [0.25, 0.3) is 0 Å². The van der Waals surface area contributed by atoms with Crippen molar-refractivity contribution >= 4 is 0 Å². The fourth-order valence-corrected chi connectivity index (χ4v) is 1.85. The lowest BCUT2D eigenvalue weighted by Gasteiger charge is -2.23. The van der Waals surface area contributed by atoms with Crippen LogP contribution in [0.3, 0.4) is 0 Å². The molecule has 1 nitrogen and oxygen atoms in total. The largest absolute Gasteiger partial charge is 0.324 e. The quantitative estimate of drug-likeness (QED) is 0.489. The van der Waals surface area contributed by atoms with Gasteiger partial charge in [-0.2, -0.15) is 0 Å². The van der Waals surface area contributed by atoms with E-state index in [0.29, 0.717) is 0 Å². The summed E-state index contributed by atoms with van der Waals surface area (Å²) in [5, 5.41) is 0. The van der Waals surface area contributed by atoms with Gasteiger partial charge in [-0.25, -0.2) is 0 Å². The standard InChI is InChI=1S/C11H17N/c1-3-4-5-10-6-9(2)7-11(12)8-10/h1,8-9,11H,4-7,12H2,2H3. The molecule has 2 atom stereocenters. The molecule has 0 amide bonds. The number of rotatable bonds is 2. The molecule has 1 heteroatoms. The molecule has 66 valence electrons. The van der Waals surface area contributed by atoms with Gasteiger partial charge in [0.25, 0.3) is 0 Å². The SMILES string of the molecule is C#CCCC1=CC(N)CC(C)C1. The summed E-state index contributed by atoms with van der Waals surface area (Å²) in [5.74, 6) is 3.40. The highest BCUT2D eigenvalue weighted by Gasteiger charge is 2.15. The zero-order valence-electron chi connectivity index (χ0n) is 7.72. The van der Waals surface area contributed by atoms with E-state index in [1.807, 2.05) is 0 Å². The smallest absolute Gasteiger partial charge is 0.0228 e. The van der Waals surface area contributed by atoms with E-state index in [4.69, 9.17) is 12.2 Å². The van der Waals surface area contributed by atoms with E-state index in [2.05, 4.69) is 18.9 Å². The van der Waals surface area contributed by atoms with Gasteiger partial charge in [0, 0.05) is 12.5 Å². The van der Waals surface area contributed by atoms with Gasteiger partial charge in [-0.15, -0.1) is 12.3 Å². The second-order valence-electron chi connectivity index (χ2n) is 3.74. The Kier molecular flexibility index (Phi) is 3.37. The van der Waals surface area contributed by atoms with Crippen LogP contribution in [0.5, 0.6) is 0 Å². The van der Waals surface area contributed by atoms with Gasteiger partial charge in [0.15, 0.2) is 0 Å². The fraction of sp³-hybridized carbons (Fsp3) is 0.636. The van der Waals surface area contributed by atoms with Gasteiger partial charge in [0.2, 0.25) is 0 Å². The maximum Gasteiger partial charge on any atom is 0.0228 e. The summed E-state index contributed by atoms with van der Waals surface area (Å²) < 4.78 is 0. The lowest BCUT2D eigenvalue weighted by Crippen LogP contribution is -2.24. The first kappa shape index (κ1) is 9.35. The van der Waals surface area contributed by atoms with Crippen molar-refractivity contribution in [1.29, 1.82) is 0 Å². The Morgan fingerprint density at radius 1 is 1.75 bits per heavy atom. The van der Waals surface area contributed by atoms with Crippen molar-refractivity contribution in [2.75, 3.05) is 0 Å². The normalized spacial score (nSPS) is 29.2. The fourth-order valence-electron chi connectivity index (χ4n) is 1.85. The van der Waals surface area contributed by atoms with Crippen LogP contribution in [-0.4, -0.2) is 6.04 Å². The van der Waals surface area contributed by atoms with Crippen molar-refractivity contribution in [3.63, 3.8) is 0 Å². The van der Waals surface area contributed by atoms with Gasteiger partial charge in [-0.05, 0) is 25.2 Å². The van der Waals surface area contributed by atoms with E-state index in [-0.39, 0.29) is 6.04 Å². The second-order valence-corrected chi connectivity index (χ2v) is 3.74. The van der Waals surface area contributed by atoms with Crippen molar-refractivity contribution in [1.82, 2.24) is 0 Å². The molecular formula is C11H17N. The topological polar surface area (TPSA) is 26.0 Å². The molecule has 0 aromatic heterocycles. The number of nitrogens with two attached hydrogens (primary N) is 1. The van der Waals surface area contributed by atoms with Gasteiger partial charge < -0.3 is 5.73 Å². The minimum absolute atomic E-state index is 0.265. The molecule has 0 saturated carbocycles. The maximum atomic E-state index is 5.86. The average Bonchev–Trinajstić information content (AvgIpc) is 1.99. The maximum absolute atomic E-state index is 5.86. The van der Waals surface area contributed by atoms with Gasteiger partial charge in [0.1, 0.15) is 0 Å². The molecule has 1 aliphatic rings. The lowest BCUT2D eigenvalue weighted by molar-refractivity contribution is 0.464. The minimum Gasteiger partial charge on any atom is -0.324 e. The molecule has 12 heavy (non-hydrogen) atoms. The minimum atomic E-state index is 0.265. The number of hydrogen-bond donors (Lipinski definition) is 1. The highest BCUT2D eigenvalue weighted by molar-refractivity contribution is 5.12. The molecule has 2 unspecified atom stereocenters. The van der Waals surface area contributed by atoms with Gasteiger partial charge in [-0.1, -0.05) is 18.6 Å². The molecule has 1 aliphatic carbocycles. The summed E-state index contributed by atoms with van der Waals surface area (Å²) in [5.41, 5.74) is 7.32. The lowest BCUT2D eigenvalue weighted by atomic mass is 9.86. The highest BCUT2D eigenvalue weighted by Crippen LogP contribution is 2.25. The monoisotopic (exact) mass is 163 g/mol. The summed E-state index contributed by atoms with van der Waals surface area (Å²) in [4.78, 5) is 0. The van der Waals surface area contributed by atoms with Crippen LogP contribution < -0.4 is 5.73 Å². The Bertz CT molecular complexity index is 210. The van der Waals surface area contributed by atoms with E-state index in [1.165, 1.54) is 12.0 Å². The van der Waals surface area contributed by atoms with E-state index in [9.17, 15) is 0 Å². The molecule has 0 radical (unpaired) electrons. The molecule has 0 fully saturated rings. The first-order valence-corrected chi connectivity index (χ1v) is 4.61. The Hall–Kier alpha value is -0.740. The molecule has 1 rings (SSSR count). The number of allylic oxidation sites excluding steroid dienone is 1. The molecule has 2 N–H and O–H groups in total. The van der Waals surface area contributed by atoms with E-state index < -0.39 is 0 Å². The van der Waals surface area contributed by atoms with Crippen molar-refractivity contribution < 1.29 is 0 Å². The second kappa shape index (κ2) is 4.33. The van der Waals surface area contributed by atoms with E-state index in [0.717, 1.165) is 25.2 Å². The third-order valence-corrected chi connectivity index (χ3v) is 2.33. The van der Waals surface area contributed by atoms with Crippen molar-refractivity contribution in [2.24, 2.45) is 11.7 Å². The Balaban J connectivity index is 2.47. The molecule has 0 aromatic carbocycles. The van der Waals surface area contributed by atoms with Crippen LogP contribution in [0, 0.1) is 18.3 Å². The summed E-state index contributed by atoms with van der Waals surface area (Å²) >= 11 is 0. The van der Waals surface area contributed by atoms with Crippen LogP contribution in [0.2, 0.25) is 0 Å². The summed E-state index contributed by atoms with van der Waals surface area (Å²) in [6.07, 6.45) is 11.6. The first-order chi connectivity index (χ1) is 5.72. The van der Waals surface area contributed by atoms with E-state index in [1.54, 1.807) is 0 Å². The van der Waals surface area contributed by atoms with Crippen molar-refractivity contribution in [3.8, 4) is 12.3 Å². The van der Waals surface area contributed by atoms with Crippen LogP contribution in [0.1, 0.15) is 32.6 Å². The van der Waals surface area contributed by atoms with Crippen LogP contribution >= 0.6 is 0 Å². The number of hydrogen-bond acceptors (Lipinski definition) is 1. The summed E-state index contributed by atoms with van der Waals surface area (Å²) in [6.45, 7) is 2.25. The molecule has 0 heterocycles. The zero-order chi connectivity index (χ0) is 8.97. The average molecular weight is 163 g/mol. The predicted octanol–water partition coefficient (Wildman–Crippen LogP) is 2.08. The third-order valence-electron chi connectivity index (χ3n) is 2.33. The van der Waals surface area contributed by atoms with Gasteiger partial charge in [-0.3, -0.25) is 0 Å². The Morgan fingerprint density at radius 3 is 3.08 bits per heavy atom. The van der Waals surface area contributed by atoms with Crippen molar-refractivity contribution in [2.45, 2.75) is 38.6 Å². The molecular weight excluding hydrogens is 146 g/mol. The van der Waals surface area contributed by atoms with Gasteiger partial charge >= 0.3 is 0 Å². The number of terminal acetylenes is 1. The predicted molar refractivity (Wildman–Crippen MR) is 52.5 cm³/mol. The summed E-state index contributed by atoms with van der Waals surface area (Å²) in [7, 11) is 0. The van der Waals surface area contributed by atoms with Crippen LogP contribution in [0.4, 0.5) is 0 Å². The zero-order valence-corrected chi connectivity index (χ0v) is 7.72. The Labute approximate surface area is 75.0 Å².